The SMILES string of the molecule is CC1CN(C(=O)c2csc(C3CCN(C(=S)Nc4ccc(N(C)C)cc4)CC3)n2)CC(C)O1. The molecule has 3 heterocycles. The third-order valence-electron chi connectivity index (χ3n) is 6.21. The summed E-state index contributed by atoms with van der Waals surface area (Å²) >= 11 is 7.26. The molecule has 0 spiro atoms. The van der Waals surface area contributed by atoms with E-state index in [9.17, 15) is 4.79 Å². The number of benzene rings is 1. The van der Waals surface area contributed by atoms with E-state index >= 15 is 0 Å². The Balaban J connectivity index is 1.29. The van der Waals surface area contributed by atoms with Crippen LogP contribution in [0.25, 0.3) is 0 Å². The number of piperidine rings is 1. The molecule has 2 aliphatic heterocycles. The van der Waals surface area contributed by atoms with E-state index in [1.165, 1.54) is 0 Å². The molecule has 2 aromatic rings. The molecule has 2 fully saturated rings. The molecule has 0 bridgehead atoms. The van der Waals surface area contributed by atoms with Crippen molar-refractivity contribution in [2.45, 2.75) is 44.8 Å². The highest BCUT2D eigenvalue weighted by Gasteiger charge is 2.29. The first-order valence-electron chi connectivity index (χ1n) is 11.5. The quantitative estimate of drug-likeness (QED) is 0.653. The minimum Gasteiger partial charge on any atom is -0.378 e. The number of nitrogens with zero attached hydrogens (tertiary/aromatic N) is 4. The molecule has 4 rings (SSSR count). The zero-order valence-corrected chi connectivity index (χ0v) is 21.4. The van der Waals surface area contributed by atoms with Gasteiger partial charge in [0.2, 0.25) is 0 Å². The molecule has 2 aliphatic rings. The average molecular weight is 488 g/mol. The number of likely N-dealkylation sites (tertiary alicyclic amines) is 1. The molecule has 0 saturated carbocycles. The summed E-state index contributed by atoms with van der Waals surface area (Å²) in [6.07, 6.45) is 2.08. The number of carbonyl (C=O) groups is 1. The van der Waals surface area contributed by atoms with Crippen LogP contribution in [0.2, 0.25) is 0 Å². The van der Waals surface area contributed by atoms with Crippen LogP contribution in [0.3, 0.4) is 0 Å². The van der Waals surface area contributed by atoms with Crippen LogP contribution in [0, 0.1) is 0 Å². The Kier molecular flexibility index (Phi) is 7.51. The van der Waals surface area contributed by atoms with Gasteiger partial charge in [-0.3, -0.25) is 4.79 Å². The Morgan fingerprint density at radius 3 is 2.36 bits per heavy atom. The maximum absolute atomic E-state index is 12.9. The van der Waals surface area contributed by atoms with E-state index in [1.54, 1.807) is 11.3 Å². The van der Waals surface area contributed by atoms with E-state index in [2.05, 4.69) is 39.4 Å². The van der Waals surface area contributed by atoms with Crippen molar-refractivity contribution in [2.75, 3.05) is 50.5 Å². The Labute approximate surface area is 205 Å². The number of ether oxygens (including phenoxy) is 1. The molecule has 1 amide bonds. The molecule has 0 aliphatic carbocycles. The van der Waals surface area contributed by atoms with Gasteiger partial charge in [0, 0.05) is 62.9 Å². The van der Waals surface area contributed by atoms with E-state index in [0.717, 1.165) is 47.4 Å². The lowest BCUT2D eigenvalue weighted by Crippen LogP contribution is -2.48. The second kappa shape index (κ2) is 10.4. The Bertz CT molecular complexity index is 959. The minimum absolute atomic E-state index is 0.0163. The van der Waals surface area contributed by atoms with Gasteiger partial charge in [-0.05, 0) is 63.2 Å². The number of hydrogen-bond donors (Lipinski definition) is 1. The van der Waals surface area contributed by atoms with Gasteiger partial charge in [-0.2, -0.15) is 0 Å². The maximum atomic E-state index is 12.9. The molecular weight excluding hydrogens is 454 g/mol. The summed E-state index contributed by atoms with van der Waals surface area (Å²) < 4.78 is 5.75. The lowest BCUT2D eigenvalue weighted by Gasteiger charge is -2.35. The molecule has 2 unspecified atom stereocenters. The second-order valence-corrected chi connectivity index (χ2v) is 10.4. The van der Waals surface area contributed by atoms with Crippen molar-refractivity contribution in [1.29, 1.82) is 0 Å². The third-order valence-corrected chi connectivity index (χ3v) is 7.58. The van der Waals surface area contributed by atoms with Crippen molar-refractivity contribution in [3.05, 3.63) is 40.3 Å². The van der Waals surface area contributed by atoms with Gasteiger partial charge in [-0.15, -0.1) is 11.3 Å². The number of aromatic nitrogens is 1. The number of thiazole rings is 1. The van der Waals surface area contributed by atoms with Crippen molar-refractivity contribution in [2.24, 2.45) is 0 Å². The highest BCUT2D eigenvalue weighted by molar-refractivity contribution is 7.80. The fourth-order valence-electron chi connectivity index (χ4n) is 4.45. The fraction of sp³-hybridized carbons (Fsp3) is 0.542. The summed E-state index contributed by atoms with van der Waals surface area (Å²) in [4.78, 5) is 23.8. The summed E-state index contributed by atoms with van der Waals surface area (Å²) in [6, 6.07) is 8.27. The second-order valence-electron chi connectivity index (χ2n) is 9.17. The van der Waals surface area contributed by atoms with Crippen LogP contribution in [0.4, 0.5) is 11.4 Å². The molecule has 178 valence electrons. The fourth-order valence-corrected chi connectivity index (χ4v) is 5.72. The largest absolute Gasteiger partial charge is 0.378 e. The van der Waals surface area contributed by atoms with Crippen LogP contribution < -0.4 is 10.2 Å². The highest BCUT2D eigenvalue weighted by atomic mass is 32.1. The molecule has 9 heteroatoms. The minimum atomic E-state index is 0.0163. The van der Waals surface area contributed by atoms with Gasteiger partial charge < -0.3 is 24.8 Å². The number of nitrogens with one attached hydrogen (secondary N) is 1. The Morgan fingerprint density at radius 1 is 1.12 bits per heavy atom. The van der Waals surface area contributed by atoms with E-state index in [4.69, 9.17) is 21.9 Å². The average Bonchev–Trinajstić information content (AvgIpc) is 3.28. The first-order chi connectivity index (χ1) is 15.8. The highest BCUT2D eigenvalue weighted by Crippen LogP contribution is 2.31. The Morgan fingerprint density at radius 2 is 1.76 bits per heavy atom. The van der Waals surface area contributed by atoms with Gasteiger partial charge >= 0.3 is 0 Å². The zero-order chi connectivity index (χ0) is 23.5. The van der Waals surface area contributed by atoms with Gasteiger partial charge in [0.1, 0.15) is 5.69 Å². The van der Waals surface area contributed by atoms with Gasteiger partial charge in [-0.1, -0.05) is 0 Å². The van der Waals surface area contributed by atoms with Crippen LogP contribution in [0.1, 0.15) is 48.1 Å². The number of carbonyl (C=O) groups excluding carboxylic acids is 1. The zero-order valence-electron chi connectivity index (χ0n) is 19.8. The predicted octanol–water partition coefficient (Wildman–Crippen LogP) is 4.03. The van der Waals surface area contributed by atoms with Gasteiger partial charge in [0.25, 0.3) is 5.91 Å². The molecule has 2 saturated heterocycles. The number of anilines is 2. The summed E-state index contributed by atoms with van der Waals surface area (Å²) in [5, 5.41) is 7.10. The maximum Gasteiger partial charge on any atom is 0.273 e. The van der Waals surface area contributed by atoms with Crippen LogP contribution in [0.15, 0.2) is 29.6 Å². The predicted molar refractivity (Wildman–Crippen MR) is 139 cm³/mol. The Hall–Kier alpha value is -2.23. The molecule has 33 heavy (non-hydrogen) atoms. The monoisotopic (exact) mass is 487 g/mol. The van der Waals surface area contributed by atoms with Crippen molar-refractivity contribution in [1.82, 2.24) is 14.8 Å². The van der Waals surface area contributed by atoms with Crippen molar-refractivity contribution >= 4 is 45.9 Å². The summed E-state index contributed by atoms with van der Waals surface area (Å²) in [5.74, 6) is 0.389. The van der Waals surface area contributed by atoms with Gasteiger partial charge in [-0.25, -0.2) is 4.98 Å². The summed E-state index contributed by atoms with van der Waals surface area (Å²) in [7, 11) is 4.06. The summed E-state index contributed by atoms with van der Waals surface area (Å²) in [5.41, 5.74) is 2.73. The van der Waals surface area contributed by atoms with Crippen LogP contribution in [0.5, 0.6) is 0 Å². The van der Waals surface area contributed by atoms with Crippen LogP contribution >= 0.6 is 23.6 Å². The molecule has 1 N–H and O–H groups in total. The smallest absolute Gasteiger partial charge is 0.273 e. The molecule has 0 radical (unpaired) electrons. The molecule has 1 aromatic carbocycles. The molecule has 1 aromatic heterocycles. The normalized spacial score (nSPS) is 21.7. The van der Waals surface area contributed by atoms with E-state index in [-0.39, 0.29) is 18.1 Å². The molecular formula is C24H33N5O2S2. The van der Waals surface area contributed by atoms with E-state index in [1.807, 2.05) is 38.2 Å². The van der Waals surface area contributed by atoms with E-state index < -0.39 is 0 Å². The lowest BCUT2D eigenvalue weighted by molar-refractivity contribution is -0.0587. The van der Waals surface area contributed by atoms with Gasteiger partial charge in [0.05, 0.1) is 17.2 Å². The van der Waals surface area contributed by atoms with Crippen LogP contribution in [-0.4, -0.2) is 78.3 Å². The summed E-state index contributed by atoms with van der Waals surface area (Å²) in [6.45, 7) is 7.03. The number of hydrogen-bond acceptors (Lipinski definition) is 6. The molecule has 7 nitrogen and oxygen atoms in total. The van der Waals surface area contributed by atoms with Crippen molar-refractivity contribution in [3.63, 3.8) is 0 Å². The van der Waals surface area contributed by atoms with E-state index in [0.29, 0.717) is 24.7 Å². The first kappa shape index (κ1) is 23.9. The topological polar surface area (TPSA) is 60.9 Å². The van der Waals surface area contributed by atoms with Gasteiger partial charge in [0.15, 0.2) is 5.11 Å². The number of rotatable bonds is 4. The molecule has 2 atom stereocenters. The van der Waals surface area contributed by atoms with Crippen LogP contribution in [-0.2, 0) is 4.74 Å². The van der Waals surface area contributed by atoms with Crippen molar-refractivity contribution < 1.29 is 9.53 Å². The number of thiocarbonyl (C=S) groups is 1. The standard InChI is InChI=1S/C24H33N5O2S2/c1-16-13-29(14-17(2)31-16)23(30)21-15-33-22(26-21)18-9-11-28(12-10-18)24(32)25-19-5-7-20(8-6-19)27(3)4/h5-8,15-18H,9-14H2,1-4H3,(H,25,32). The third kappa shape index (κ3) is 5.83. The number of amides is 1. The first-order valence-corrected chi connectivity index (χ1v) is 12.8. The lowest BCUT2D eigenvalue weighted by atomic mass is 9.98. The number of morpholine rings is 1. The van der Waals surface area contributed by atoms with Crippen molar-refractivity contribution in [3.8, 4) is 0 Å².